The first kappa shape index (κ1) is 14.6. The first-order valence-corrected chi connectivity index (χ1v) is 8.47. The summed E-state index contributed by atoms with van der Waals surface area (Å²) in [5, 5.41) is 4.64. The molecule has 2 unspecified atom stereocenters. The van der Waals surface area contributed by atoms with Gasteiger partial charge in [0, 0.05) is 18.6 Å². The molecule has 0 aliphatic carbocycles. The maximum absolute atomic E-state index is 5.55. The average molecular weight is 305 g/mol. The van der Waals surface area contributed by atoms with Crippen LogP contribution in [0.1, 0.15) is 26.7 Å². The number of rotatable bonds is 4. The lowest BCUT2D eigenvalue weighted by molar-refractivity contribution is 0.190. The van der Waals surface area contributed by atoms with Gasteiger partial charge in [-0.1, -0.05) is 11.3 Å². The first-order chi connectivity index (χ1) is 10.2. The van der Waals surface area contributed by atoms with Gasteiger partial charge in [-0.15, -0.1) is 0 Å². The average Bonchev–Trinajstić information content (AvgIpc) is 2.85. The Bertz CT molecular complexity index is 613. The number of fused-ring (bicyclic) bond motifs is 1. The zero-order chi connectivity index (χ0) is 14.8. The highest BCUT2D eigenvalue weighted by Crippen LogP contribution is 2.30. The molecule has 1 N–H and O–H groups in total. The van der Waals surface area contributed by atoms with Crippen LogP contribution in [0, 0.1) is 0 Å². The quantitative estimate of drug-likeness (QED) is 0.936. The molecule has 2 atom stereocenters. The number of ether oxygens (including phenoxy) is 1. The van der Waals surface area contributed by atoms with Gasteiger partial charge in [-0.2, -0.15) is 0 Å². The van der Waals surface area contributed by atoms with E-state index >= 15 is 0 Å². The van der Waals surface area contributed by atoms with Crippen molar-refractivity contribution >= 4 is 26.7 Å². The molecule has 0 spiro atoms. The van der Waals surface area contributed by atoms with Crippen molar-refractivity contribution < 1.29 is 4.74 Å². The summed E-state index contributed by atoms with van der Waals surface area (Å²) in [7, 11) is 2.20. The van der Waals surface area contributed by atoms with Gasteiger partial charge in [0.25, 0.3) is 0 Å². The van der Waals surface area contributed by atoms with Crippen molar-refractivity contribution in [3.8, 4) is 5.75 Å². The third-order valence-corrected chi connectivity index (χ3v) is 5.16. The number of benzene rings is 1. The highest BCUT2D eigenvalue weighted by molar-refractivity contribution is 7.22. The van der Waals surface area contributed by atoms with Crippen LogP contribution in [0.2, 0.25) is 0 Å². The summed E-state index contributed by atoms with van der Waals surface area (Å²) in [5.41, 5.74) is 1.05. The van der Waals surface area contributed by atoms with E-state index in [-0.39, 0.29) is 0 Å². The molecule has 0 amide bonds. The van der Waals surface area contributed by atoms with E-state index in [1.807, 2.05) is 19.1 Å². The molecule has 1 fully saturated rings. The van der Waals surface area contributed by atoms with E-state index in [0.29, 0.717) is 18.7 Å². The number of thiazole rings is 1. The van der Waals surface area contributed by atoms with E-state index in [4.69, 9.17) is 9.72 Å². The van der Waals surface area contributed by atoms with Crippen LogP contribution in [-0.4, -0.2) is 42.2 Å². The Labute approximate surface area is 130 Å². The molecule has 1 aromatic heterocycles. The normalized spacial score (nSPS) is 23.4. The second-order valence-electron chi connectivity index (χ2n) is 5.78. The Hall–Kier alpha value is -1.33. The number of aromatic nitrogens is 1. The van der Waals surface area contributed by atoms with E-state index in [0.717, 1.165) is 22.9 Å². The van der Waals surface area contributed by atoms with Crippen molar-refractivity contribution in [2.24, 2.45) is 0 Å². The van der Waals surface area contributed by atoms with E-state index in [1.54, 1.807) is 11.3 Å². The number of likely N-dealkylation sites (tertiary alicyclic amines) is 1. The van der Waals surface area contributed by atoms with Crippen LogP contribution in [0.15, 0.2) is 18.2 Å². The zero-order valence-electron chi connectivity index (χ0n) is 12.9. The van der Waals surface area contributed by atoms with E-state index < -0.39 is 0 Å². The highest BCUT2D eigenvalue weighted by Gasteiger charge is 2.23. The van der Waals surface area contributed by atoms with Gasteiger partial charge in [0.2, 0.25) is 0 Å². The molecule has 0 bridgehead atoms. The predicted octanol–water partition coefficient (Wildman–Crippen LogP) is 3.59. The summed E-state index contributed by atoms with van der Waals surface area (Å²) in [6.07, 6.45) is 2.36. The minimum Gasteiger partial charge on any atom is -0.494 e. The topological polar surface area (TPSA) is 37.4 Å². The van der Waals surface area contributed by atoms with E-state index in [1.165, 1.54) is 17.5 Å². The minimum atomic E-state index is 0.531. The molecule has 1 aliphatic rings. The molecule has 2 aromatic rings. The van der Waals surface area contributed by atoms with Gasteiger partial charge in [-0.05, 0) is 51.9 Å². The predicted molar refractivity (Wildman–Crippen MR) is 89.5 cm³/mol. The second-order valence-corrected chi connectivity index (χ2v) is 6.81. The van der Waals surface area contributed by atoms with Crippen molar-refractivity contribution in [2.45, 2.75) is 38.8 Å². The maximum Gasteiger partial charge on any atom is 0.184 e. The molecule has 3 rings (SSSR count). The fourth-order valence-corrected chi connectivity index (χ4v) is 3.79. The molecule has 0 saturated carbocycles. The Morgan fingerprint density at radius 1 is 1.48 bits per heavy atom. The van der Waals surface area contributed by atoms with Crippen molar-refractivity contribution in [3.63, 3.8) is 0 Å². The standard InChI is InChI=1S/C16H23N3OS/c1-4-20-13-5-6-14-15(10-13)21-16(18-14)17-12-7-8-19(3)11(2)9-12/h5-6,10-12H,4,7-9H2,1-3H3,(H,17,18). The smallest absolute Gasteiger partial charge is 0.184 e. The van der Waals surface area contributed by atoms with Gasteiger partial charge in [-0.25, -0.2) is 4.98 Å². The maximum atomic E-state index is 5.55. The molecular formula is C16H23N3OS. The number of hydrogen-bond acceptors (Lipinski definition) is 5. The fraction of sp³-hybridized carbons (Fsp3) is 0.562. The largest absolute Gasteiger partial charge is 0.494 e. The number of nitrogens with zero attached hydrogens (tertiary/aromatic N) is 2. The Morgan fingerprint density at radius 2 is 2.33 bits per heavy atom. The van der Waals surface area contributed by atoms with Crippen LogP contribution in [0.3, 0.4) is 0 Å². The summed E-state index contributed by atoms with van der Waals surface area (Å²) in [5.74, 6) is 0.924. The minimum absolute atomic E-state index is 0.531. The molecule has 2 heterocycles. The van der Waals surface area contributed by atoms with Crippen LogP contribution in [0.5, 0.6) is 5.75 Å². The number of piperidine rings is 1. The molecule has 114 valence electrons. The van der Waals surface area contributed by atoms with Crippen LogP contribution in [0.4, 0.5) is 5.13 Å². The summed E-state index contributed by atoms with van der Waals surface area (Å²) < 4.78 is 6.74. The van der Waals surface area contributed by atoms with Gasteiger partial charge >= 0.3 is 0 Å². The summed E-state index contributed by atoms with van der Waals surface area (Å²) >= 11 is 1.72. The third-order valence-electron chi connectivity index (χ3n) is 4.21. The van der Waals surface area contributed by atoms with Gasteiger partial charge in [0.05, 0.1) is 16.8 Å². The third kappa shape index (κ3) is 3.30. The second kappa shape index (κ2) is 6.20. The lowest BCUT2D eigenvalue weighted by Gasteiger charge is -2.35. The summed E-state index contributed by atoms with van der Waals surface area (Å²) in [6, 6.07) is 7.28. The Kier molecular flexibility index (Phi) is 4.31. The molecular weight excluding hydrogens is 282 g/mol. The monoisotopic (exact) mass is 305 g/mol. The molecule has 4 nitrogen and oxygen atoms in total. The number of nitrogens with one attached hydrogen (secondary N) is 1. The first-order valence-electron chi connectivity index (χ1n) is 7.66. The fourth-order valence-electron chi connectivity index (χ4n) is 2.82. The SMILES string of the molecule is CCOc1ccc2nc(NC3CCN(C)C(C)C3)sc2c1. The summed E-state index contributed by atoms with van der Waals surface area (Å²) in [4.78, 5) is 7.11. The van der Waals surface area contributed by atoms with Crippen molar-refractivity contribution in [3.05, 3.63) is 18.2 Å². The lowest BCUT2D eigenvalue weighted by Crippen LogP contribution is -2.42. The number of hydrogen-bond donors (Lipinski definition) is 1. The Balaban J connectivity index is 1.72. The van der Waals surface area contributed by atoms with Crippen molar-refractivity contribution in [1.29, 1.82) is 0 Å². The summed E-state index contributed by atoms with van der Waals surface area (Å²) in [6.45, 7) is 6.15. The molecule has 1 saturated heterocycles. The van der Waals surface area contributed by atoms with E-state index in [9.17, 15) is 0 Å². The molecule has 1 aromatic carbocycles. The highest BCUT2D eigenvalue weighted by atomic mass is 32.1. The van der Waals surface area contributed by atoms with Gasteiger partial charge < -0.3 is 15.0 Å². The van der Waals surface area contributed by atoms with Crippen LogP contribution >= 0.6 is 11.3 Å². The van der Waals surface area contributed by atoms with Crippen molar-refractivity contribution in [2.75, 3.05) is 25.5 Å². The molecule has 1 aliphatic heterocycles. The Morgan fingerprint density at radius 3 is 3.10 bits per heavy atom. The van der Waals surface area contributed by atoms with Crippen LogP contribution in [-0.2, 0) is 0 Å². The van der Waals surface area contributed by atoms with Crippen LogP contribution < -0.4 is 10.1 Å². The van der Waals surface area contributed by atoms with E-state index in [2.05, 4.69) is 30.3 Å². The van der Waals surface area contributed by atoms with Crippen LogP contribution in [0.25, 0.3) is 10.2 Å². The van der Waals surface area contributed by atoms with Gasteiger partial charge in [0.15, 0.2) is 5.13 Å². The van der Waals surface area contributed by atoms with Gasteiger partial charge in [-0.3, -0.25) is 0 Å². The lowest BCUT2D eigenvalue weighted by atomic mass is 9.99. The molecule has 5 heteroatoms. The van der Waals surface area contributed by atoms with Gasteiger partial charge in [0.1, 0.15) is 5.75 Å². The molecule has 21 heavy (non-hydrogen) atoms. The zero-order valence-corrected chi connectivity index (χ0v) is 13.7. The van der Waals surface area contributed by atoms with Crippen molar-refractivity contribution in [1.82, 2.24) is 9.88 Å². The number of anilines is 1. The molecule has 0 radical (unpaired) electrons.